The number of thiophene rings is 1. The van der Waals surface area contributed by atoms with Crippen LogP contribution in [0, 0.1) is 0 Å². The van der Waals surface area contributed by atoms with E-state index in [9.17, 15) is 0 Å². The monoisotopic (exact) mass is 512 g/mol. The number of hydrogen-bond acceptors (Lipinski definition) is 1. The van der Waals surface area contributed by atoms with Gasteiger partial charge in [-0.05, 0) is 45.4 Å². The lowest BCUT2D eigenvalue weighted by Gasteiger charge is -2.29. The Morgan fingerprint density at radius 3 is 1.33 bits per heavy atom. The lowest BCUT2D eigenvalue weighted by atomic mass is 9.59. The summed E-state index contributed by atoms with van der Waals surface area (Å²) in [6.07, 6.45) is 0. The van der Waals surface area contributed by atoms with Crippen LogP contribution in [0.25, 0.3) is 42.4 Å². The number of hydrogen-bond donors (Lipinski definition) is 0. The van der Waals surface area contributed by atoms with Gasteiger partial charge >= 0.3 is 0 Å². The van der Waals surface area contributed by atoms with Crippen molar-refractivity contribution >= 4 is 165 Å². The van der Waals surface area contributed by atoms with Gasteiger partial charge in [0.15, 0.2) is 0 Å². The molecule has 0 radical (unpaired) electrons. The average Bonchev–Trinajstić information content (AvgIpc) is 3.27. The molecule has 0 aliphatic rings. The molecule has 0 nitrogen and oxygen atoms in total. The molecule has 0 aliphatic carbocycles. The molecule has 5 aromatic rings. The molecule has 1 heterocycles. The van der Waals surface area contributed by atoms with Gasteiger partial charge in [0.05, 0.1) is 0 Å². The molecule has 39 heavy (non-hydrogen) atoms. The highest BCUT2D eigenvalue weighted by Gasteiger charge is 2.28. The second-order valence-electron chi connectivity index (χ2n) is 12.9. The summed E-state index contributed by atoms with van der Waals surface area (Å²) >= 11 is 1.95. The third kappa shape index (κ3) is 4.18. The lowest BCUT2D eigenvalue weighted by Crippen LogP contribution is -2.55. The van der Waals surface area contributed by atoms with Crippen LogP contribution in [0.3, 0.4) is 0 Å². The first-order valence-corrected chi connectivity index (χ1v) is 15.1. The summed E-state index contributed by atoms with van der Waals surface area (Å²) in [5, 5.41) is 2.87. The van der Waals surface area contributed by atoms with Crippen molar-refractivity contribution in [2.75, 3.05) is 0 Å². The van der Waals surface area contributed by atoms with Crippen LogP contribution in [0.2, 0.25) is 0 Å². The molecule has 0 amide bonds. The van der Waals surface area contributed by atoms with E-state index in [4.69, 9.17) is 0 Å². The largest absolute Gasteiger partial charge is 0.139 e. The van der Waals surface area contributed by atoms with Gasteiger partial charge in [-0.25, -0.2) is 0 Å². The minimum Gasteiger partial charge on any atom is -0.135 e. The van der Waals surface area contributed by atoms with Crippen molar-refractivity contribution in [3.8, 4) is 22.3 Å². The Morgan fingerprint density at radius 1 is 0.462 bits per heavy atom. The molecular weight excluding hydrogens is 476 g/mol. The van der Waals surface area contributed by atoms with Gasteiger partial charge < -0.3 is 0 Å². The summed E-state index contributed by atoms with van der Waals surface area (Å²) in [6, 6.07) is 11.8. The van der Waals surface area contributed by atoms with Crippen molar-refractivity contribution in [1.82, 2.24) is 0 Å². The van der Waals surface area contributed by atoms with Crippen molar-refractivity contribution in [3.63, 3.8) is 0 Å². The summed E-state index contributed by atoms with van der Waals surface area (Å²) in [5.41, 5.74) is 21.2. The summed E-state index contributed by atoms with van der Waals surface area (Å²) in [6.45, 7) is 7.19. The average molecular weight is 511 g/mol. The standard InChI is InChI=1S/C28H34B10S/c1-28(2,3)17-10(15-20(31)24(35)27(38)25(36)21(15)32)7-8-12-16(17)13-9(5-4-6-11(13)39-12)14-18(29)22(33)26(37)23(34)19(14)30/h4-8H,29-38H2,1-3H3. The zero-order valence-corrected chi connectivity index (χ0v) is 27.1. The first-order chi connectivity index (χ1) is 18.2. The van der Waals surface area contributed by atoms with E-state index >= 15 is 0 Å². The molecule has 0 bridgehead atoms. The van der Waals surface area contributed by atoms with Gasteiger partial charge in [0, 0.05) is 20.2 Å². The fraction of sp³-hybridized carbons (Fsp3) is 0.143. The highest BCUT2D eigenvalue weighted by atomic mass is 32.1. The molecule has 0 saturated heterocycles. The summed E-state index contributed by atoms with van der Waals surface area (Å²) in [7, 11) is 23.0. The third-order valence-electron chi connectivity index (χ3n) is 9.95. The van der Waals surface area contributed by atoms with Gasteiger partial charge in [-0.3, -0.25) is 0 Å². The van der Waals surface area contributed by atoms with E-state index in [2.05, 4.69) is 130 Å². The van der Waals surface area contributed by atoms with Crippen LogP contribution in [-0.4, -0.2) is 78.5 Å². The normalized spacial score (nSPS) is 12.0. The van der Waals surface area contributed by atoms with E-state index in [1.54, 1.807) is 0 Å². The smallest absolute Gasteiger partial charge is 0.135 e. The Hall–Kier alpha value is -2.25. The molecule has 0 N–H and O–H groups in total. The zero-order chi connectivity index (χ0) is 28.7. The predicted molar refractivity (Wildman–Crippen MR) is 211 cm³/mol. The van der Waals surface area contributed by atoms with Crippen molar-refractivity contribution in [2.24, 2.45) is 0 Å². The van der Waals surface area contributed by atoms with Crippen LogP contribution in [0.4, 0.5) is 0 Å². The van der Waals surface area contributed by atoms with Crippen LogP contribution in [0.5, 0.6) is 0 Å². The minimum absolute atomic E-state index is 0.0231. The second kappa shape index (κ2) is 9.69. The minimum atomic E-state index is -0.0231. The quantitative estimate of drug-likeness (QED) is 0.207. The lowest BCUT2D eigenvalue weighted by molar-refractivity contribution is 0.598. The maximum Gasteiger partial charge on any atom is 0.139 e. The van der Waals surface area contributed by atoms with Gasteiger partial charge in [-0.15, -0.1) is 44.1 Å². The fourth-order valence-electron chi connectivity index (χ4n) is 6.91. The first kappa shape index (κ1) is 28.3. The topological polar surface area (TPSA) is 0 Å². The molecular formula is C28H34B10S. The summed E-state index contributed by atoms with van der Waals surface area (Å²) < 4.78 is 2.77. The Bertz CT molecular complexity index is 1790. The maximum atomic E-state index is 2.41. The van der Waals surface area contributed by atoms with Crippen LogP contribution in [0.15, 0.2) is 30.3 Å². The van der Waals surface area contributed by atoms with E-state index in [0.29, 0.717) is 0 Å². The van der Waals surface area contributed by atoms with E-state index < -0.39 is 0 Å². The molecule has 0 atom stereocenters. The Morgan fingerprint density at radius 2 is 0.872 bits per heavy atom. The SMILES string of the molecule is Bc1c(B)c(B)c(-c2ccc3sc4cccc(-c5c(B)c(B)c(B)c(B)c5B)c4c3c2C(C)(C)C)c(B)c1B. The molecule has 0 unspecified atom stereocenters. The van der Waals surface area contributed by atoms with Gasteiger partial charge in [-0.1, -0.05) is 60.8 Å². The van der Waals surface area contributed by atoms with Gasteiger partial charge in [0.2, 0.25) is 0 Å². The van der Waals surface area contributed by atoms with Crippen LogP contribution >= 0.6 is 11.3 Å². The molecule has 0 fully saturated rings. The molecule has 1 aromatic heterocycles. The fourth-order valence-corrected chi connectivity index (χ4v) is 8.05. The molecule has 4 aromatic carbocycles. The van der Waals surface area contributed by atoms with Gasteiger partial charge in [0.1, 0.15) is 78.5 Å². The van der Waals surface area contributed by atoms with Gasteiger partial charge in [0.25, 0.3) is 0 Å². The van der Waals surface area contributed by atoms with Crippen molar-refractivity contribution in [2.45, 2.75) is 26.2 Å². The molecule has 11 heteroatoms. The zero-order valence-electron chi connectivity index (χ0n) is 26.3. The highest BCUT2D eigenvalue weighted by molar-refractivity contribution is 7.26. The van der Waals surface area contributed by atoms with Crippen molar-refractivity contribution < 1.29 is 0 Å². The summed E-state index contributed by atoms with van der Waals surface area (Å²) in [5.74, 6) is 0. The second-order valence-corrected chi connectivity index (χ2v) is 14.0. The van der Waals surface area contributed by atoms with Crippen molar-refractivity contribution in [3.05, 3.63) is 35.9 Å². The first-order valence-electron chi connectivity index (χ1n) is 14.3. The number of benzene rings is 4. The Balaban J connectivity index is 2.03. The molecule has 0 spiro atoms. The van der Waals surface area contributed by atoms with Gasteiger partial charge in [-0.2, -0.15) is 0 Å². The Labute approximate surface area is 248 Å². The van der Waals surface area contributed by atoms with Crippen LogP contribution in [-0.2, 0) is 5.41 Å². The summed E-state index contributed by atoms with van der Waals surface area (Å²) in [4.78, 5) is 0. The number of fused-ring (bicyclic) bond motifs is 3. The molecule has 182 valence electrons. The maximum absolute atomic E-state index is 2.41. The van der Waals surface area contributed by atoms with Crippen LogP contribution < -0.4 is 54.6 Å². The molecule has 0 saturated carbocycles. The predicted octanol–water partition coefficient (Wildman–Crippen LogP) is -8.73. The van der Waals surface area contributed by atoms with E-state index in [-0.39, 0.29) is 5.41 Å². The molecule has 0 aliphatic heterocycles. The molecule has 5 rings (SSSR count). The highest BCUT2D eigenvalue weighted by Crippen LogP contribution is 2.46. The van der Waals surface area contributed by atoms with E-state index in [1.807, 2.05) is 11.3 Å². The van der Waals surface area contributed by atoms with E-state index in [1.165, 1.54) is 103 Å². The van der Waals surface area contributed by atoms with Crippen LogP contribution in [0.1, 0.15) is 26.3 Å². The van der Waals surface area contributed by atoms with E-state index in [0.717, 1.165) is 0 Å². The Kier molecular flexibility index (Phi) is 7.03. The number of rotatable bonds is 2. The third-order valence-corrected chi connectivity index (χ3v) is 11.1. The van der Waals surface area contributed by atoms with Crippen molar-refractivity contribution in [1.29, 1.82) is 0 Å².